The van der Waals surface area contributed by atoms with Gasteiger partial charge in [-0.15, -0.1) is 0 Å². The van der Waals surface area contributed by atoms with Gasteiger partial charge in [-0.25, -0.2) is 9.50 Å². The first-order chi connectivity index (χ1) is 14.6. The van der Waals surface area contributed by atoms with Crippen molar-refractivity contribution in [1.29, 1.82) is 0 Å². The van der Waals surface area contributed by atoms with Crippen molar-refractivity contribution in [2.75, 3.05) is 17.7 Å². The molecule has 0 atom stereocenters. The molecule has 4 rings (SSSR count). The summed E-state index contributed by atoms with van der Waals surface area (Å²) in [5, 5.41) is 8.34. The van der Waals surface area contributed by atoms with Crippen LogP contribution in [-0.2, 0) is 4.79 Å². The first kappa shape index (κ1) is 20.0. The Bertz CT molecular complexity index is 1170. The number of carbonyl (C=O) groups is 1. The Hall–Kier alpha value is -3.32. The van der Waals surface area contributed by atoms with Crippen LogP contribution in [0.1, 0.15) is 12.5 Å². The van der Waals surface area contributed by atoms with Crippen molar-refractivity contribution in [2.45, 2.75) is 18.9 Å². The zero-order chi connectivity index (χ0) is 20.9. The van der Waals surface area contributed by atoms with E-state index >= 15 is 0 Å². The van der Waals surface area contributed by atoms with Crippen molar-refractivity contribution >= 4 is 28.9 Å². The van der Waals surface area contributed by atoms with Gasteiger partial charge in [0.05, 0.1) is 23.6 Å². The fourth-order valence-corrected chi connectivity index (χ4v) is 3.87. The van der Waals surface area contributed by atoms with Gasteiger partial charge in [-0.1, -0.05) is 23.9 Å². The third kappa shape index (κ3) is 4.63. The highest BCUT2D eigenvalue weighted by Gasteiger charge is 2.12. The van der Waals surface area contributed by atoms with E-state index in [1.807, 2.05) is 74.6 Å². The summed E-state index contributed by atoms with van der Waals surface area (Å²) in [6.07, 6.45) is 3.51. The predicted octanol–water partition coefficient (Wildman–Crippen LogP) is 4.83. The molecule has 0 fully saturated rings. The van der Waals surface area contributed by atoms with E-state index in [1.165, 1.54) is 11.8 Å². The van der Waals surface area contributed by atoms with E-state index in [0.29, 0.717) is 6.61 Å². The maximum absolute atomic E-state index is 12.4. The summed E-state index contributed by atoms with van der Waals surface area (Å²) in [6, 6.07) is 17.6. The van der Waals surface area contributed by atoms with Crippen molar-refractivity contribution in [3.63, 3.8) is 0 Å². The van der Waals surface area contributed by atoms with Crippen LogP contribution in [0.5, 0.6) is 5.75 Å². The number of ether oxygens (including phenoxy) is 1. The smallest absolute Gasteiger partial charge is 0.234 e. The van der Waals surface area contributed by atoms with Crippen LogP contribution in [0.25, 0.3) is 16.8 Å². The summed E-state index contributed by atoms with van der Waals surface area (Å²) in [5.41, 5.74) is 4.61. The van der Waals surface area contributed by atoms with Gasteiger partial charge in [0.25, 0.3) is 0 Å². The van der Waals surface area contributed by atoms with Crippen LogP contribution in [0.2, 0.25) is 0 Å². The SMILES string of the molecule is CCOc1ccc(-c2cc3c(SCC(=O)Nc4cccc(C)c4)nccn3n2)cc1. The molecule has 2 heterocycles. The van der Waals surface area contributed by atoms with Gasteiger partial charge in [-0.05, 0) is 61.9 Å². The molecule has 30 heavy (non-hydrogen) atoms. The number of carbonyl (C=O) groups excluding carboxylic acids is 1. The fourth-order valence-electron chi connectivity index (χ4n) is 3.09. The summed E-state index contributed by atoms with van der Waals surface area (Å²) >= 11 is 1.40. The van der Waals surface area contributed by atoms with Crippen molar-refractivity contribution in [1.82, 2.24) is 14.6 Å². The Morgan fingerprint density at radius 2 is 2.00 bits per heavy atom. The number of aryl methyl sites for hydroxylation is 1. The summed E-state index contributed by atoms with van der Waals surface area (Å²) in [6.45, 7) is 4.59. The fraction of sp³-hybridized carbons (Fsp3) is 0.174. The number of aromatic nitrogens is 3. The normalized spacial score (nSPS) is 10.9. The summed E-state index contributed by atoms with van der Waals surface area (Å²) in [5.74, 6) is 1.03. The van der Waals surface area contributed by atoms with Crippen LogP contribution in [0, 0.1) is 6.92 Å². The highest BCUT2D eigenvalue weighted by atomic mass is 32.2. The number of hydrogen-bond donors (Lipinski definition) is 1. The van der Waals surface area contributed by atoms with E-state index in [9.17, 15) is 4.79 Å². The molecule has 1 N–H and O–H groups in total. The molecule has 0 aliphatic rings. The first-order valence-corrected chi connectivity index (χ1v) is 10.7. The summed E-state index contributed by atoms with van der Waals surface area (Å²) < 4.78 is 7.29. The molecule has 0 aliphatic carbocycles. The monoisotopic (exact) mass is 418 g/mol. The van der Waals surface area contributed by atoms with E-state index in [2.05, 4.69) is 15.4 Å². The van der Waals surface area contributed by atoms with Gasteiger partial charge in [0.1, 0.15) is 10.8 Å². The average molecular weight is 419 g/mol. The topological polar surface area (TPSA) is 68.5 Å². The second-order valence-electron chi connectivity index (χ2n) is 6.76. The molecule has 152 valence electrons. The molecule has 0 saturated heterocycles. The minimum atomic E-state index is -0.0688. The van der Waals surface area contributed by atoms with Crippen LogP contribution in [-0.4, -0.2) is 32.9 Å². The molecular formula is C23H22N4O2S. The zero-order valence-electron chi connectivity index (χ0n) is 16.8. The standard InChI is InChI=1S/C23H22N4O2S/c1-3-29-19-9-7-17(8-10-19)20-14-21-23(24-11-12-27(21)26-20)30-15-22(28)25-18-6-4-5-16(2)13-18/h4-14H,3,15H2,1-2H3,(H,25,28). The minimum Gasteiger partial charge on any atom is -0.494 e. The quantitative estimate of drug-likeness (QED) is 0.435. The third-order valence-corrected chi connectivity index (χ3v) is 5.45. The zero-order valence-corrected chi connectivity index (χ0v) is 17.6. The van der Waals surface area contributed by atoms with Crippen LogP contribution in [0.3, 0.4) is 0 Å². The lowest BCUT2D eigenvalue weighted by Crippen LogP contribution is -2.14. The number of nitrogens with zero attached hydrogens (tertiary/aromatic N) is 3. The van der Waals surface area contributed by atoms with Gasteiger partial charge in [-0.2, -0.15) is 5.10 Å². The van der Waals surface area contributed by atoms with Gasteiger partial charge in [0.15, 0.2) is 0 Å². The molecule has 2 aromatic carbocycles. The van der Waals surface area contributed by atoms with Crippen molar-refractivity contribution in [2.24, 2.45) is 0 Å². The molecule has 0 unspecified atom stereocenters. The Morgan fingerprint density at radius 1 is 1.17 bits per heavy atom. The molecule has 1 amide bonds. The predicted molar refractivity (Wildman–Crippen MR) is 120 cm³/mol. The highest BCUT2D eigenvalue weighted by Crippen LogP contribution is 2.27. The maximum Gasteiger partial charge on any atom is 0.234 e. The Balaban J connectivity index is 1.48. The van der Waals surface area contributed by atoms with Gasteiger partial charge < -0.3 is 10.1 Å². The number of rotatable bonds is 7. The van der Waals surface area contributed by atoms with Crippen molar-refractivity contribution in [3.8, 4) is 17.0 Å². The minimum absolute atomic E-state index is 0.0688. The molecule has 2 aromatic heterocycles. The lowest BCUT2D eigenvalue weighted by molar-refractivity contribution is -0.113. The van der Waals surface area contributed by atoms with Crippen LogP contribution >= 0.6 is 11.8 Å². The number of amides is 1. The van der Waals surface area contributed by atoms with E-state index in [-0.39, 0.29) is 11.7 Å². The number of thioether (sulfide) groups is 1. The number of nitrogens with one attached hydrogen (secondary N) is 1. The van der Waals surface area contributed by atoms with Crippen LogP contribution < -0.4 is 10.1 Å². The lowest BCUT2D eigenvalue weighted by atomic mass is 10.1. The van der Waals surface area contributed by atoms with E-state index in [1.54, 1.807) is 10.7 Å². The Labute approximate surface area is 179 Å². The number of anilines is 1. The highest BCUT2D eigenvalue weighted by molar-refractivity contribution is 8.00. The van der Waals surface area contributed by atoms with Crippen LogP contribution in [0.15, 0.2) is 72.0 Å². The van der Waals surface area contributed by atoms with E-state index in [0.717, 1.165) is 38.8 Å². The molecule has 0 radical (unpaired) electrons. The third-order valence-electron chi connectivity index (χ3n) is 4.46. The van der Waals surface area contributed by atoms with Crippen LogP contribution in [0.4, 0.5) is 5.69 Å². The number of hydrogen-bond acceptors (Lipinski definition) is 5. The maximum atomic E-state index is 12.4. The first-order valence-electron chi connectivity index (χ1n) is 9.69. The van der Waals surface area contributed by atoms with Crippen molar-refractivity contribution in [3.05, 3.63) is 72.6 Å². The Morgan fingerprint density at radius 3 is 2.77 bits per heavy atom. The van der Waals surface area contributed by atoms with Gasteiger partial charge in [0, 0.05) is 23.6 Å². The van der Waals surface area contributed by atoms with E-state index in [4.69, 9.17) is 4.74 Å². The van der Waals surface area contributed by atoms with Gasteiger partial charge >= 0.3 is 0 Å². The average Bonchev–Trinajstić information content (AvgIpc) is 3.18. The summed E-state index contributed by atoms with van der Waals surface area (Å²) in [7, 11) is 0. The molecule has 0 bridgehead atoms. The Kier molecular flexibility index (Phi) is 5.99. The number of benzene rings is 2. The molecule has 4 aromatic rings. The molecule has 0 spiro atoms. The second kappa shape index (κ2) is 9.00. The molecule has 0 aliphatic heterocycles. The second-order valence-corrected chi connectivity index (χ2v) is 7.72. The van der Waals surface area contributed by atoms with Gasteiger partial charge in [-0.3, -0.25) is 4.79 Å². The lowest BCUT2D eigenvalue weighted by Gasteiger charge is -2.06. The molecule has 7 heteroatoms. The molecule has 6 nitrogen and oxygen atoms in total. The summed E-state index contributed by atoms with van der Waals surface area (Å²) in [4.78, 5) is 16.8. The largest absolute Gasteiger partial charge is 0.494 e. The van der Waals surface area contributed by atoms with Gasteiger partial charge in [0.2, 0.25) is 5.91 Å². The molecular weight excluding hydrogens is 396 g/mol. The molecule has 0 saturated carbocycles. The van der Waals surface area contributed by atoms with E-state index < -0.39 is 0 Å². The van der Waals surface area contributed by atoms with Crippen molar-refractivity contribution < 1.29 is 9.53 Å². The number of fused-ring (bicyclic) bond motifs is 1.